The number of allylic oxidation sites excluding steroid dienone is 1. The number of hydrogen-bond acceptors (Lipinski definition) is 5. The molecule has 5 heteroatoms. The standard InChI is InChI=1S/C18H26O5/c1-12(8-9-16(19)23-18(2,3)4)13-10-14(20-5)17(22-7)15(11-13)21-6/h10-11H,1,8-9H2,2-7H3. The van der Waals surface area contributed by atoms with Crippen molar-refractivity contribution >= 4 is 11.5 Å². The van der Waals surface area contributed by atoms with E-state index in [1.54, 1.807) is 21.3 Å². The summed E-state index contributed by atoms with van der Waals surface area (Å²) in [6, 6.07) is 3.64. The normalized spacial score (nSPS) is 10.9. The second kappa shape index (κ2) is 7.90. The van der Waals surface area contributed by atoms with Crippen molar-refractivity contribution in [2.75, 3.05) is 21.3 Å². The third-order valence-electron chi connectivity index (χ3n) is 3.12. The maximum atomic E-state index is 11.8. The lowest BCUT2D eigenvalue weighted by Crippen LogP contribution is -2.23. The van der Waals surface area contributed by atoms with Gasteiger partial charge in [-0.2, -0.15) is 0 Å². The van der Waals surface area contributed by atoms with Gasteiger partial charge in [0.2, 0.25) is 5.75 Å². The molecule has 0 aliphatic rings. The Labute approximate surface area is 138 Å². The summed E-state index contributed by atoms with van der Waals surface area (Å²) in [7, 11) is 4.67. The number of carbonyl (C=O) groups excluding carboxylic acids is 1. The van der Waals surface area contributed by atoms with Gasteiger partial charge in [-0.1, -0.05) is 6.58 Å². The quantitative estimate of drug-likeness (QED) is 0.714. The Kier molecular flexibility index (Phi) is 6.49. The second-order valence-electron chi connectivity index (χ2n) is 6.10. The van der Waals surface area contributed by atoms with E-state index in [1.165, 1.54) is 0 Å². The molecule has 0 aliphatic carbocycles. The van der Waals surface area contributed by atoms with Crippen molar-refractivity contribution < 1.29 is 23.7 Å². The van der Waals surface area contributed by atoms with Crippen LogP contribution in [0.1, 0.15) is 39.2 Å². The molecule has 1 rings (SSSR count). The number of carbonyl (C=O) groups is 1. The van der Waals surface area contributed by atoms with Crippen LogP contribution in [0.15, 0.2) is 18.7 Å². The molecule has 0 N–H and O–H groups in total. The molecule has 1 aromatic rings. The van der Waals surface area contributed by atoms with Gasteiger partial charge in [0.25, 0.3) is 0 Å². The number of benzene rings is 1. The van der Waals surface area contributed by atoms with E-state index in [2.05, 4.69) is 6.58 Å². The summed E-state index contributed by atoms with van der Waals surface area (Å²) < 4.78 is 21.2. The van der Waals surface area contributed by atoms with Crippen LogP contribution in [0.2, 0.25) is 0 Å². The molecule has 5 nitrogen and oxygen atoms in total. The van der Waals surface area contributed by atoms with Crippen LogP contribution in [0.3, 0.4) is 0 Å². The second-order valence-corrected chi connectivity index (χ2v) is 6.10. The molecular weight excluding hydrogens is 296 g/mol. The number of ether oxygens (including phenoxy) is 4. The van der Waals surface area contributed by atoms with Crippen LogP contribution < -0.4 is 14.2 Å². The minimum Gasteiger partial charge on any atom is -0.493 e. The van der Waals surface area contributed by atoms with Crippen molar-refractivity contribution in [1.29, 1.82) is 0 Å². The van der Waals surface area contributed by atoms with Gasteiger partial charge in [0.1, 0.15) is 5.60 Å². The Bertz CT molecular complexity index is 544. The Morgan fingerprint density at radius 1 is 1.00 bits per heavy atom. The zero-order chi connectivity index (χ0) is 17.6. The molecule has 0 aromatic heterocycles. The molecule has 0 aliphatic heterocycles. The molecular formula is C18H26O5. The number of methoxy groups -OCH3 is 3. The molecule has 0 bridgehead atoms. The number of esters is 1. The Balaban J connectivity index is 2.86. The van der Waals surface area contributed by atoms with Crippen LogP contribution in [-0.2, 0) is 9.53 Å². The molecule has 0 saturated carbocycles. The van der Waals surface area contributed by atoms with Crippen LogP contribution in [-0.4, -0.2) is 32.9 Å². The van der Waals surface area contributed by atoms with Crippen LogP contribution in [0, 0.1) is 0 Å². The molecule has 0 saturated heterocycles. The van der Waals surface area contributed by atoms with Gasteiger partial charge >= 0.3 is 5.97 Å². The zero-order valence-electron chi connectivity index (χ0n) is 14.8. The van der Waals surface area contributed by atoms with Gasteiger partial charge in [0.05, 0.1) is 21.3 Å². The lowest BCUT2D eigenvalue weighted by Gasteiger charge is -2.19. The topological polar surface area (TPSA) is 54.0 Å². The first-order valence-corrected chi connectivity index (χ1v) is 7.41. The molecule has 0 fully saturated rings. The molecule has 0 spiro atoms. The first-order valence-electron chi connectivity index (χ1n) is 7.41. The van der Waals surface area contributed by atoms with E-state index in [1.807, 2.05) is 32.9 Å². The van der Waals surface area contributed by atoms with E-state index >= 15 is 0 Å². The highest BCUT2D eigenvalue weighted by Gasteiger charge is 2.18. The largest absolute Gasteiger partial charge is 0.493 e. The summed E-state index contributed by atoms with van der Waals surface area (Å²) in [5, 5.41) is 0. The molecule has 128 valence electrons. The Morgan fingerprint density at radius 3 is 1.91 bits per heavy atom. The van der Waals surface area contributed by atoms with E-state index in [0.29, 0.717) is 23.7 Å². The summed E-state index contributed by atoms with van der Waals surface area (Å²) in [4.78, 5) is 11.8. The fourth-order valence-corrected chi connectivity index (χ4v) is 2.08. The van der Waals surface area contributed by atoms with E-state index in [9.17, 15) is 4.79 Å². The van der Waals surface area contributed by atoms with Gasteiger partial charge in [-0.3, -0.25) is 4.79 Å². The van der Waals surface area contributed by atoms with Gasteiger partial charge in [-0.25, -0.2) is 0 Å². The molecule has 23 heavy (non-hydrogen) atoms. The lowest BCUT2D eigenvalue weighted by atomic mass is 10.0. The zero-order valence-corrected chi connectivity index (χ0v) is 14.8. The highest BCUT2D eigenvalue weighted by Crippen LogP contribution is 2.40. The minimum atomic E-state index is -0.481. The van der Waals surface area contributed by atoms with Crippen LogP contribution in [0.4, 0.5) is 0 Å². The molecule has 0 atom stereocenters. The fraction of sp³-hybridized carbons (Fsp3) is 0.500. The maximum absolute atomic E-state index is 11.8. The highest BCUT2D eigenvalue weighted by molar-refractivity contribution is 5.75. The molecule has 0 unspecified atom stereocenters. The summed E-state index contributed by atoms with van der Waals surface area (Å²) >= 11 is 0. The predicted molar refractivity (Wildman–Crippen MR) is 90.2 cm³/mol. The third kappa shape index (κ3) is 5.51. The summed E-state index contributed by atoms with van der Waals surface area (Å²) in [6.07, 6.45) is 0.764. The van der Waals surface area contributed by atoms with Crippen LogP contribution >= 0.6 is 0 Å². The number of rotatable bonds is 7. The summed E-state index contributed by atoms with van der Waals surface area (Å²) in [6.45, 7) is 9.58. The van der Waals surface area contributed by atoms with Gasteiger partial charge in [0.15, 0.2) is 11.5 Å². The van der Waals surface area contributed by atoms with Crippen molar-refractivity contribution in [2.45, 2.75) is 39.2 Å². The van der Waals surface area contributed by atoms with E-state index in [0.717, 1.165) is 11.1 Å². The fourth-order valence-electron chi connectivity index (χ4n) is 2.08. The smallest absolute Gasteiger partial charge is 0.306 e. The SMILES string of the molecule is C=C(CCC(=O)OC(C)(C)C)c1cc(OC)c(OC)c(OC)c1. The van der Waals surface area contributed by atoms with Crippen molar-refractivity contribution in [3.05, 3.63) is 24.3 Å². The monoisotopic (exact) mass is 322 g/mol. The molecule has 0 radical (unpaired) electrons. The van der Waals surface area contributed by atoms with Gasteiger partial charge in [-0.05, 0) is 50.5 Å². The average molecular weight is 322 g/mol. The summed E-state index contributed by atoms with van der Waals surface area (Å²) in [5.41, 5.74) is 1.16. The maximum Gasteiger partial charge on any atom is 0.306 e. The van der Waals surface area contributed by atoms with Gasteiger partial charge < -0.3 is 18.9 Å². The van der Waals surface area contributed by atoms with Crippen LogP contribution in [0.25, 0.3) is 5.57 Å². The van der Waals surface area contributed by atoms with Gasteiger partial charge in [-0.15, -0.1) is 0 Å². The predicted octanol–water partition coefficient (Wildman–Crippen LogP) is 3.85. The molecule has 0 amide bonds. The van der Waals surface area contributed by atoms with Crippen molar-refractivity contribution in [1.82, 2.24) is 0 Å². The van der Waals surface area contributed by atoms with Gasteiger partial charge in [0, 0.05) is 6.42 Å². The van der Waals surface area contributed by atoms with E-state index < -0.39 is 5.60 Å². The average Bonchev–Trinajstić information content (AvgIpc) is 2.49. The summed E-state index contributed by atoms with van der Waals surface area (Å²) in [5.74, 6) is 1.39. The molecule has 0 heterocycles. The van der Waals surface area contributed by atoms with E-state index in [-0.39, 0.29) is 12.4 Å². The van der Waals surface area contributed by atoms with Crippen LogP contribution in [0.5, 0.6) is 17.2 Å². The first-order chi connectivity index (χ1) is 10.7. The minimum absolute atomic E-state index is 0.244. The van der Waals surface area contributed by atoms with Crippen molar-refractivity contribution in [3.63, 3.8) is 0 Å². The van der Waals surface area contributed by atoms with E-state index in [4.69, 9.17) is 18.9 Å². The molecule has 1 aromatic carbocycles. The third-order valence-corrected chi connectivity index (χ3v) is 3.12. The van der Waals surface area contributed by atoms with Crippen molar-refractivity contribution in [2.24, 2.45) is 0 Å². The Morgan fingerprint density at radius 2 is 1.52 bits per heavy atom. The van der Waals surface area contributed by atoms with Crippen molar-refractivity contribution in [3.8, 4) is 17.2 Å². The lowest BCUT2D eigenvalue weighted by molar-refractivity contribution is -0.154. The number of hydrogen-bond donors (Lipinski definition) is 0. The highest BCUT2D eigenvalue weighted by atomic mass is 16.6. The first kappa shape index (κ1) is 18.9. The Hall–Kier alpha value is -2.17.